The van der Waals surface area contributed by atoms with E-state index in [0.29, 0.717) is 19.0 Å². The van der Waals surface area contributed by atoms with E-state index < -0.39 is 5.41 Å². The monoisotopic (exact) mass is 405 g/mol. The third-order valence-electron chi connectivity index (χ3n) is 5.37. The molecule has 5 heteroatoms. The number of carbonyl (C=O) groups excluding carboxylic acids is 1. The fourth-order valence-corrected chi connectivity index (χ4v) is 3.54. The van der Waals surface area contributed by atoms with Crippen LogP contribution in [-0.4, -0.2) is 17.4 Å². The van der Waals surface area contributed by atoms with Gasteiger partial charge in [-0.1, -0.05) is 54.6 Å². The van der Waals surface area contributed by atoms with Crippen LogP contribution in [0, 0.1) is 19.3 Å². The minimum Gasteiger partial charge on any atom is -0.446 e. The molecule has 0 spiro atoms. The van der Waals surface area contributed by atoms with Crippen LogP contribution in [0.2, 0.25) is 0 Å². The van der Waals surface area contributed by atoms with Gasteiger partial charge in [0.2, 0.25) is 5.91 Å². The summed E-state index contributed by atoms with van der Waals surface area (Å²) in [6.45, 7) is 10.7. The molecule has 158 valence electrons. The maximum Gasteiger partial charge on any atom is 0.229 e. The number of fused-ring (bicyclic) bond motifs is 1. The maximum atomic E-state index is 12.6. The van der Waals surface area contributed by atoms with Crippen LogP contribution in [0.25, 0.3) is 10.8 Å². The van der Waals surface area contributed by atoms with Crippen molar-refractivity contribution in [3.63, 3.8) is 0 Å². The topological polar surface area (TPSA) is 67.2 Å². The number of nitrogens with zero attached hydrogens (tertiary/aromatic N) is 1. The van der Waals surface area contributed by atoms with Crippen molar-refractivity contribution in [3.8, 4) is 0 Å². The molecule has 1 heterocycles. The van der Waals surface area contributed by atoms with E-state index in [0.717, 1.165) is 11.5 Å². The Bertz CT molecular complexity index is 1040. The van der Waals surface area contributed by atoms with Crippen molar-refractivity contribution in [2.24, 2.45) is 5.41 Å². The van der Waals surface area contributed by atoms with Crippen LogP contribution in [0.3, 0.4) is 0 Å². The summed E-state index contributed by atoms with van der Waals surface area (Å²) in [5, 5.41) is 9.00. The standard InChI is InChI=1S/C25H31N3O2/c1-17(21-13-8-11-20-10-6-7-12-22(20)21)26-15-9-14-25(4,5)24(29)27-16-23-18(2)30-19(3)28-23/h6-14,17,26H,15-16H2,1-5H3,(H,27,29)/b14-9+/t17-/m1/s1. The van der Waals surface area contributed by atoms with Gasteiger partial charge in [-0.25, -0.2) is 4.98 Å². The number of nitrogens with one attached hydrogen (secondary N) is 2. The molecule has 0 fully saturated rings. The zero-order chi connectivity index (χ0) is 21.7. The van der Waals surface area contributed by atoms with Crippen molar-refractivity contribution in [2.75, 3.05) is 6.54 Å². The second-order valence-electron chi connectivity index (χ2n) is 8.24. The summed E-state index contributed by atoms with van der Waals surface area (Å²) >= 11 is 0. The van der Waals surface area contributed by atoms with Crippen molar-refractivity contribution in [1.82, 2.24) is 15.6 Å². The molecule has 2 N–H and O–H groups in total. The number of aryl methyl sites for hydroxylation is 2. The highest BCUT2D eigenvalue weighted by Gasteiger charge is 2.24. The molecular formula is C25H31N3O2. The third-order valence-corrected chi connectivity index (χ3v) is 5.37. The molecule has 3 aromatic rings. The van der Waals surface area contributed by atoms with Crippen molar-refractivity contribution >= 4 is 16.7 Å². The van der Waals surface area contributed by atoms with Gasteiger partial charge in [0.05, 0.1) is 12.0 Å². The van der Waals surface area contributed by atoms with Gasteiger partial charge in [0.1, 0.15) is 11.5 Å². The van der Waals surface area contributed by atoms with E-state index >= 15 is 0 Å². The van der Waals surface area contributed by atoms with Gasteiger partial charge >= 0.3 is 0 Å². The van der Waals surface area contributed by atoms with E-state index in [2.05, 4.69) is 65.0 Å². The number of aromatic nitrogens is 1. The molecule has 1 aromatic heterocycles. The number of benzene rings is 2. The van der Waals surface area contributed by atoms with Gasteiger partial charge in [0.15, 0.2) is 5.89 Å². The molecule has 0 radical (unpaired) electrons. The summed E-state index contributed by atoms with van der Waals surface area (Å²) in [7, 11) is 0. The first-order valence-electron chi connectivity index (χ1n) is 10.4. The van der Waals surface area contributed by atoms with Crippen LogP contribution >= 0.6 is 0 Å². The molecule has 0 aliphatic rings. The van der Waals surface area contributed by atoms with Gasteiger partial charge < -0.3 is 15.1 Å². The molecule has 0 saturated carbocycles. The minimum atomic E-state index is -0.614. The van der Waals surface area contributed by atoms with E-state index in [1.807, 2.05) is 32.9 Å². The molecular weight excluding hydrogens is 374 g/mol. The average Bonchev–Trinajstić information content (AvgIpc) is 3.05. The summed E-state index contributed by atoms with van der Waals surface area (Å²) < 4.78 is 5.41. The Hall–Kier alpha value is -2.92. The van der Waals surface area contributed by atoms with E-state index in [-0.39, 0.29) is 11.9 Å². The normalized spacial score (nSPS) is 13.1. The largest absolute Gasteiger partial charge is 0.446 e. The highest BCUT2D eigenvalue weighted by atomic mass is 16.4. The number of rotatable bonds is 8. The highest BCUT2D eigenvalue weighted by Crippen LogP contribution is 2.24. The lowest BCUT2D eigenvalue weighted by Crippen LogP contribution is -2.35. The number of oxazole rings is 1. The minimum absolute atomic E-state index is 0.0408. The quantitative estimate of drug-likeness (QED) is 0.518. The lowest BCUT2D eigenvalue weighted by atomic mass is 9.91. The molecule has 5 nitrogen and oxygen atoms in total. The van der Waals surface area contributed by atoms with Crippen LogP contribution in [0.4, 0.5) is 0 Å². The average molecular weight is 406 g/mol. The fourth-order valence-electron chi connectivity index (χ4n) is 3.54. The van der Waals surface area contributed by atoms with Gasteiger partial charge in [-0.2, -0.15) is 0 Å². The van der Waals surface area contributed by atoms with Crippen LogP contribution in [0.1, 0.15) is 49.7 Å². The Balaban J connectivity index is 1.54. The molecule has 0 saturated heterocycles. The maximum absolute atomic E-state index is 12.6. The molecule has 3 rings (SSSR count). The van der Waals surface area contributed by atoms with Gasteiger partial charge in [0, 0.05) is 19.5 Å². The smallest absolute Gasteiger partial charge is 0.229 e. The van der Waals surface area contributed by atoms with Crippen molar-refractivity contribution in [1.29, 1.82) is 0 Å². The van der Waals surface area contributed by atoms with Gasteiger partial charge in [-0.15, -0.1) is 0 Å². The van der Waals surface area contributed by atoms with Gasteiger partial charge in [-0.3, -0.25) is 4.79 Å². The molecule has 1 amide bonds. The van der Waals surface area contributed by atoms with Crippen LogP contribution in [0.5, 0.6) is 0 Å². The lowest BCUT2D eigenvalue weighted by molar-refractivity contribution is -0.127. The summed E-state index contributed by atoms with van der Waals surface area (Å²) in [4.78, 5) is 16.9. The predicted molar refractivity (Wildman–Crippen MR) is 121 cm³/mol. The first-order chi connectivity index (χ1) is 14.3. The van der Waals surface area contributed by atoms with Crippen molar-refractivity contribution in [2.45, 2.75) is 47.2 Å². The van der Waals surface area contributed by atoms with Gasteiger partial charge in [-0.05, 0) is 44.0 Å². The first kappa shape index (κ1) is 21.8. The fraction of sp³-hybridized carbons (Fsp3) is 0.360. The number of carbonyl (C=O) groups is 1. The van der Waals surface area contributed by atoms with E-state index in [4.69, 9.17) is 4.42 Å². The van der Waals surface area contributed by atoms with Crippen LogP contribution in [0.15, 0.2) is 59.0 Å². The molecule has 0 aliphatic heterocycles. The van der Waals surface area contributed by atoms with Crippen molar-refractivity contribution in [3.05, 3.63) is 77.5 Å². The molecule has 0 bridgehead atoms. The summed E-state index contributed by atoms with van der Waals surface area (Å²) in [6, 6.07) is 15.0. The van der Waals surface area contributed by atoms with Crippen LogP contribution in [-0.2, 0) is 11.3 Å². The van der Waals surface area contributed by atoms with E-state index in [1.165, 1.54) is 16.3 Å². The number of hydrogen-bond donors (Lipinski definition) is 2. The lowest BCUT2D eigenvalue weighted by Gasteiger charge is -2.20. The highest BCUT2D eigenvalue weighted by molar-refractivity contribution is 5.86. The molecule has 30 heavy (non-hydrogen) atoms. The SMILES string of the molecule is Cc1nc(CNC(=O)C(C)(C)/C=C/CN[C@H](C)c2cccc3ccccc23)c(C)o1. The summed E-state index contributed by atoms with van der Waals surface area (Å²) in [5.41, 5.74) is 1.43. The molecule has 0 unspecified atom stereocenters. The second kappa shape index (κ2) is 9.26. The van der Waals surface area contributed by atoms with Gasteiger partial charge in [0.25, 0.3) is 0 Å². The Morgan fingerprint density at radius 2 is 1.90 bits per heavy atom. The predicted octanol–water partition coefficient (Wildman–Crippen LogP) is 4.99. The Kier molecular flexibility index (Phi) is 6.73. The van der Waals surface area contributed by atoms with Crippen molar-refractivity contribution < 1.29 is 9.21 Å². The zero-order valence-corrected chi connectivity index (χ0v) is 18.5. The summed E-state index contributed by atoms with van der Waals surface area (Å²) in [5.74, 6) is 1.32. The van der Waals surface area contributed by atoms with E-state index in [1.54, 1.807) is 6.92 Å². The molecule has 1 atom stereocenters. The Labute approximate surface area is 178 Å². The van der Waals surface area contributed by atoms with Crippen LogP contribution < -0.4 is 10.6 Å². The molecule has 2 aromatic carbocycles. The Morgan fingerprint density at radius 1 is 1.17 bits per heavy atom. The number of hydrogen-bond acceptors (Lipinski definition) is 4. The molecule has 0 aliphatic carbocycles. The number of amides is 1. The Morgan fingerprint density at radius 3 is 2.63 bits per heavy atom. The third kappa shape index (κ3) is 5.16. The first-order valence-corrected chi connectivity index (χ1v) is 10.4. The van der Waals surface area contributed by atoms with E-state index in [9.17, 15) is 4.79 Å². The second-order valence-corrected chi connectivity index (χ2v) is 8.24. The zero-order valence-electron chi connectivity index (χ0n) is 18.5. The summed E-state index contributed by atoms with van der Waals surface area (Å²) in [6.07, 6.45) is 3.97.